The molecule has 0 spiro atoms. The average molecular weight is 393 g/mol. The standard InChI is InChI=1S/C20H20FN7O/c1-12-7-13(2)25-20(24-12)27-10-14-9-26(11-18(14)27)19(29)16-4-3-15(21)8-17(16)28-22-5-6-23-28/h3-8,14,18H,9-11H2,1-2H3. The Labute approximate surface area is 167 Å². The molecule has 8 nitrogen and oxygen atoms in total. The maximum absolute atomic E-state index is 13.8. The maximum atomic E-state index is 13.8. The van der Waals surface area contributed by atoms with Crippen molar-refractivity contribution in [2.24, 2.45) is 5.92 Å². The number of aromatic nitrogens is 5. The molecule has 9 heteroatoms. The van der Waals surface area contributed by atoms with Crippen molar-refractivity contribution in [1.82, 2.24) is 29.9 Å². The Morgan fingerprint density at radius 1 is 1.03 bits per heavy atom. The predicted octanol–water partition coefficient (Wildman–Crippen LogP) is 1.77. The van der Waals surface area contributed by atoms with Crippen LogP contribution in [0.15, 0.2) is 36.7 Å². The molecule has 2 atom stereocenters. The van der Waals surface area contributed by atoms with Crippen LogP contribution in [0, 0.1) is 25.6 Å². The van der Waals surface area contributed by atoms with Crippen LogP contribution in [-0.4, -0.2) is 61.4 Å². The van der Waals surface area contributed by atoms with E-state index in [0.717, 1.165) is 23.9 Å². The highest BCUT2D eigenvalue weighted by Gasteiger charge is 2.48. The molecular weight excluding hydrogens is 373 g/mol. The van der Waals surface area contributed by atoms with Gasteiger partial charge in [-0.3, -0.25) is 4.79 Å². The van der Waals surface area contributed by atoms with Crippen molar-refractivity contribution >= 4 is 11.9 Å². The van der Waals surface area contributed by atoms with E-state index in [1.165, 1.54) is 35.4 Å². The Morgan fingerprint density at radius 2 is 1.76 bits per heavy atom. The summed E-state index contributed by atoms with van der Waals surface area (Å²) in [5.41, 5.74) is 2.60. The molecule has 2 aliphatic rings. The van der Waals surface area contributed by atoms with Gasteiger partial charge in [-0.05, 0) is 32.0 Å². The van der Waals surface area contributed by atoms with E-state index >= 15 is 0 Å². The Kier molecular flexibility index (Phi) is 4.04. The Bertz CT molecular complexity index is 1060. The van der Waals surface area contributed by atoms with Crippen molar-refractivity contribution in [3.8, 4) is 5.69 Å². The number of hydrogen-bond donors (Lipinski definition) is 0. The minimum atomic E-state index is -0.437. The summed E-state index contributed by atoms with van der Waals surface area (Å²) in [5.74, 6) is 0.526. The van der Waals surface area contributed by atoms with Crippen molar-refractivity contribution in [1.29, 1.82) is 0 Å². The second-order valence-electron chi connectivity index (χ2n) is 7.62. The number of halogens is 1. The van der Waals surface area contributed by atoms with Gasteiger partial charge in [0.1, 0.15) is 11.5 Å². The van der Waals surface area contributed by atoms with Crippen LogP contribution in [0.25, 0.3) is 5.69 Å². The maximum Gasteiger partial charge on any atom is 0.256 e. The SMILES string of the molecule is Cc1cc(C)nc(N2CC3CN(C(=O)c4ccc(F)cc4-n4nccn4)CC32)n1. The van der Waals surface area contributed by atoms with Crippen molar-refractivity contribution in [2.75, 3.05) is 24.5 Å². The lowest BCUT2D eigenvalue weighted by Crippen LogP contribution is -2.56. The number of fused-ring (bicyclic) bond motifs is 1. The van der Waals surface area contributed by atoms with Crippen molar-refractivity contribution < 1.29 is 9.18 Å². The van der Waals surface area contributed by atoms with Crippen molar-refractivity contribution in [3.63, 3.8) is 0 Å². The molecule has 0 bridgehead atoms. The van der Waals surface area contributed by atoms with E-state index in [4.69, 9.17) is 0 Å². The van der Waals surface area contributed by atoms with Gasteiger partial charge in [-0.25, -0.2) is 14.4 Å². The lowest BCUT2D eigenvalue weighted by Gasteiger charge is -2.43. The zero-order chi connectivity index (χ0) is 20.1. The molecule has 0 aliphatic carbocycles. The van der Waals surface area contributed by atoms with Gasteiger partial charge in [0.05, 0.1) is 24.0 Å². The molecule has 2 aliphatic heterocycles. The van der Waals surface area contributed by atoms with Gasteiger partial charge in [0.25, 0.3) is 5.91 Å². The third-order valence-electron chi connectivity index (χ3n) is 5.58. The molecule has 1 aromatic carbocycles. The van der Waals surface area contributed by atoms with Crippen LogP contribution in [-0.2, 0) is 0 Å². The summed E-state index contributed by atoms with van der Waals surface area (Å²) < 4.78 is 13.8. The summed E-state index contributed by atoms with van der Waals surface area (Å²) >= 11 is 0. The van der Waals surface area contributed by atoms with Gasteiger partial charge in [-0.15, -0.1) is 0 Å². The molecule has 1 amide bonds. The fraction of sp³-hybridized carbons (Fsp3) is 0.350. The van der Waals surface area contributed by atoms with Crippen LogP contribution >= 0.6 is 0 Å². The third kappa shape index (κ3) is 3.02. The number of carbonyl (C=O) groups excluding carboxylic acids is 1. The minimum absolute atomic E-state index is 0.145. The Morgan fingerprint density at radius 3 is 2.48 bits per heavy atom. The molecule has 5 rings (SSSR count). The first kappa shape index (κ1) is 17.7. The van der Waals surface area contributed by atoms with Gasteiger partial charge in [0.15, 0.2) is 0 Å². The first-order valence-corrected chi connectivity index (χ1v) is 9.54. The first-order chi connectivity index (χ1) is 14.0. The lowest BCUT2D eigenvalue weighted by molar-refractivity contribution is 0.0789. The quantitative estimate of drug-likeness (QED) is 0.675. The van der Waals surface area contributed by atoms with Crippen LogP contribution in [0.3, 0.4) is 0 Å². The molecule has 3 aromatic rings. The molecule has 4 heterocycles. The Hall–Kier alpha value is -3.36. The summed E-state index contributed by atoms with van der Waals surface area (Å²) in [7, 11) is 0. The number of nitrogens with zero attached hydrogens (tertiary/aromatic N) is 7. The summed E-state index contributed by atoms with van der Waals surface area (Å²) in [6.07, 6.45) is 2.99. The van der Waals surface area contributed by atoms with Gasteiger partial charge in [-0.2, -0.15) is 15.0 Å². The van der Waals surface area contributed by atoms with Gasteiger partial charge < -0.3 is 9.80 Å². The van der Waals surface area contributed by atoms with E-state index in [1.807, 2.05) is 24.8 Å². The second kappa shape index (κ2) is 6.61. The number of aryl methyl sites for hydroxylation is 2. The molecule has 0 saturated carbocycles. The Balaban J connectivity index is 1.38. The minimum Gasteiger partial charge on any atom is -0.336 e. The molecule has 2 saturated heterocycles. The molecule has 2 aromatic heterocycles. The highest BCUT2D eigenvalue weighted by molar-refractivity contribution is 5.98. The van der Waals surface area contributed by atoms with Crippen molar-refractivity contribution in [3.05, 3.63) is 59.4 Å². The molecule has 2 fully saturated rings. The largest absolute Gasteiger partial charge is 0.336 e. The normalized spacial score (nSPS) is 20.5. The van der Waals surface area contributed by atoms with Crippen LogP contribution in [0.4, 0.5) is 10.3 Å². The highest BCUT2D eigenvalue weighted by Crippen LogP contribution is 2.36. The molecule has 29 heavy (non-hydrogen) atoms. The van der Waals surface area contributed by atoms with E-state index in [0.29, 0.717) is 30.3 Å². The van der Waals surface area contributed by atoms with Crippen LogP contribution in [0.5, 0.6) is 0 Å². The van der Waals surface area contributed by atoms with E-state index in [9.17, 15) is 9.18 Å². The van der Waals surface area contributed by atoms with Crippen LogP contribution < -0.4 is 4.90 Å². The zero-order valence-electron chi connectivity index (χ0n) is 16.2. The summed E-state index contributed by atoms with van der Waals surface area (Å²) in [4.78, 5) is 27.6. The number of hydrogen-bond acceptors (Lipinski definition) is 6. The zero-order valence-corrected chi connectivity index (χ0v) is 16.2. The van der Waals surface area contributed by atoms with Gasteiger partial charge >= 0.3 is 0 Å². The highest BCUT2D eigenvalue weighted by atomic mass is 19.1. The summed E-state index contributed by atoms with van der Waals surface area (Å²) in [6.45, 7) is 5.99. The fourth-order valence-electron chi connectivity index (χ4n) is 4.23. The second-order valence-corrected chi connectivity index (χ2v) is 7.62. The predicted molar refractivity (Wildman–Crippen MR) is 103 cm³/mol. The number of carbonyl (C=O) groups is 1. The number of anilines is 1. The first-order valence-electron chi connectivity index (χ1n) is 9.54. The van der Waals surface area contributed by atoms with E-state index in [1.54, 1.807) is 0 Å². The van der Waals surface area contributed by atoms with Crippen LogP contribution in [0.2, 0.25) is 0 Å². The number of likely N-dealkylation sites (tertiary alicyclic amines) is 1. The monoisotopic (exact) mass is 393 g/mol. The molecular formula is C20H20FN7O. The third-order valence-corrected chi connectivity index (χ3v) is 5.58. The molecule has 148 valence electrons. The summed E-state index contributed by atoms with van der Waals surface area (Å²) in [6, 6.07) is 6.23. The van der Waals surface area contributed by atoms with Crippen molar-refractivity contribution in [2.45, 2.75) is 19.9 Å². The number of rotatable bonds is 3. The average Bonchev–Trinajstić information content (AvgIpc) is 3.30. The lowest BCUT2D eigenvalue weighted by atomic mass is 9.92. The number of amides is 1. The molecule has 2 unspecified atom stereocenters. The van der Waals surface area contributed by atoms with E-state index in [-0.39, 0.29) is 11.9 Å². The van der Waals surface area contributed by atoms with E-state index < -0.39 is 5.82 Å². The van der Waals surface area contributed by atoms with Gasteiger partial charge in [0, 0.05) is 43.0 Å². The van der Waals surface area contributed by atoms with Crippen LogP contribution in [0.1, 0.15) is 21.7 Å². The summed E-state index contributed by atoms with van der Waals surface area (Å²) in [5, 5.41) is 8.10. The number of benzene rings is 1. The topological polar surface area (TPSA) is 80.0 Å². The molecule has 0 radical (unpaired) electrons. The van der Waals surface area contributed by atoms with Gasteiger partial charge in [0.2, 0.25) is 5.95 Å². The fourth-order valence-corrected chi connectivity index (χ4v) is 4.23. The van der Waals surface area contributed by atoms with Gasteiger partial charge in [-0.1, -0.05) is 0 Å². The smallest absolute Gasteiger partial charge is 0.256 e. The van der Waals surface area contributed by atoms with E-state index in [2.05, 4.69) is 25.1 Å². The molecule has 0 N–H and O–H groups in total.